The zero-order valence-electron chi connectivity index (χ0n) is 11.2. The Morgan fingerprint density at radius 3 is 2.62 bits per heavy atom. The highest BCUT2D eigenvalue weighted by molar-refractivity contribution is 7.98. The molecule has 0 radical (unpaired) electrons. The van der Waals surface area contributed by atoms with Gasteiger partial charge >= 0.3 is 0 Å². The lowest BCUT2D eigenvalue weighted by Crippen LogP contribution is -2.24. The van der Waals surface area contributed by atoms with Gasteiger partial charge in [0.25, 0.3) is 5.56 Å². The lowest BCUT2D eigenvalue weighted by Gasteiger charge is -2.11. The maximum Gasteiger partial charge on any atom is 0.282 e. The molecule has 0 amide bonds. The van der Waals surface area contributed by atoms with Gasteiger partial charge in [0.05, 0.1) is 34.8 Å². The molecule has 2 aromatic rings. The van der Waals surface area contributed by atoms with Gasteiger partial charge < -0.3 is 4.74 Å². The number of nitrogens with zero attached hydrogens (tertiary/aromatic N) is 2. The molecule has 0 N–H and O–H groups in total. The average Bonchev–Trinajstić information content (AvgIpc) is 2.47. The van der Waals surface area contributed by atoms with Crippen LogP contribution in [0.2, 0.25) is 15.1 Å². The van der Waals surface area contributed by atoms with Gasteiger partial charge in [0.1, 0.15) is 10.8 Å². The first kappa shape index (κ1) is 16.5. The first-order chi connectivity index (χ1) is 9.99. The molecule has 0 unspecified atom stereocenters. The van der Waals surface area contributed by atoms with Crippen LogP contribution in [0, 0.1) is 0 Å². The van der Waals surface area contributed by atoms with Gasteiger partial charge in [-0.25, -0.2) is 4.68 Å². The van der Waals surface area contributed by atoms with Crippen molar-refractivity contribution in [3.63, 3.8) is 0 Å². The number of ether oxygens (including phenoxy) is 1. The predicted molar refractivity (Wildman–Crippen MR) is 87.4 cm³/mol. The van der Waals surface area contributed by atoms with Crippen LogP contribution >= 0.6 is 46.6 Å². The number of methoxy groups -OCH3 is 1. The Morgan fingerprint density at radius 2 is 2.00 bits per heavy atom. The third-order valence-electron chi connectivity index (χ3n) is 2.83. The Kier molecular flexibility index (Phi) is 5.43. The van der Waals surface area contributed by atoms with Crippen molar-refractivity contribution in [2.24, 2.45) is 0 Å². The Morgan fingerprint density at radius 1 is 1.29 bits per heavy atom. The highest BCUT2D eigenvalue weighted by Crippen LogP contribution is 2.34. The molecule has 0 atom stereocenters. The second-order valence-corrected chi connectivity index (χ2v) is 6.02. The Labute approximate surface area is 141 Å². The molecule has 0 aliphatic rings. The normalized spacial score (nSPS) is 10.7. The molecule has 112 valence electrons. The smallest absolute Gasteiger partial charge is 0.282 e. The van der Waals surface area contributed by atoms with Crippen LogP contribution in [0.25, 0.3) is 0 Å². The summed E-state index contributed by atoms with van der Waals surface area (Å²) < 4.78 is 6.38. The van der Waals surface area contributed by atoms with Gasteiger partial charge in [-0.3, -0.25) is 4.79 Å². The lowest BCUT2D eigenvalue weighted by atomic mass is 10.2. The van der Waals surface area contributed by atoms with Crippen molar-refractivity contribution in [1.29, 1.82) is 0 Å². The fraction of sp³-hybridized carbons (Fsp3) is 0.231. The molecule has 0 saturated carbocycles. The van der Waals surface area contributed by atoms with Crippen molar-refractivity contribution in [3.8, 4) is 5.75 Å². The third kappa shape index (κ3) is 3.31. The minimum atomic E-state index is -0.266. The van der Waals surface area contributed by atoms with Gasteiger partial charge in [-0.15, -0.1) is 11.8 Å². The van der Waals surface area contributed by atoms with E-state index in [1.54, 1.807) is 18.4 Å². The third-order valence-corrected chi connectivity index (χ3v) is 4.93. The van der Waals surface area contributed by atoms with Crippen molar-refractivity contribution in [3.05, 3.63) is 49.3 Å². The topological polar surface area (TPSA) is 44.1 Å². The van der Waals surface area contributed by atoms with Gasteiger partial charge in [0, 0.05) is 0 Å². The van der Waals surface area contributed by atoms with E-state index in [0.29, 0.717) is 31.3 Å². The van der Waals surface area contributed by atoms with E-state index in [1.807, 2.05) is 0 Å². The van der Waals surface area contributed by atoms with Crippen molar-refractivity contribution in [1.82, 2.24) is 9.78 Å². The van der Waals surface area contributed by atoms with Crippen LogP contribution in [0.5, 0.6) is 5.75 Å². The van der Waals surface area contributed by atoms with E-state index < -0.39 is 0 Å². The van der Waals surface area contributed by atoms with Crippen LogP contribution in [0.15, 0.2) is 28.0 Å². The minimum Gasteiger partial charge on any atom is -0.495 e. The van der Waals surface area contributed by atoms with Gasteiger partial charge in [-0.2, -0.15) is 5.10 Å². The largest absolute Gasteiger partial charge is 0.495 e. The standard InChI is InChI=1S/C13H11Cl3N2O2S/c1-20-9-4-3-7(10(15)11(9)16)6-18-13(19)12(21-2)8(14)5-17-18/h3-5H,6H2,1-2H3. The molecule has 21 heavy (non-hydrogen) atoms. The SMILES string of the molecule is COc1ccc(Cn2ncc(Cl)c(SC)c2=O)c(Cl)c1Cl. The van der Waals surface area contributed by atoms with E-state index in [4.69, 9.17) is 39.5 Å². The first-order valence-electron chi connectivity index (χ1n) is 5.80. The quantitative estimate of drug-likeness (QED) is 0.769. The van der Waals surface area contributed by atoms with Crippen LogP contribution in [0.3, 0.4) is 0 Å². The monoisotopic (exact) mass is 364 g/mol. The van der Waals surface area contributed by atoms with E-state index >= 15 is 0 Å². The van der Waals surface area contributed by atoms with Crippen LogP contribution in [0.4, 0.5) is 0 Å². The highest BCUT2D eigenvalue weighted by atomic mass is 35.5. The number of halogens is 3. The summed E-state index contributed by atoms with van der Waals surface area (Å²) in [5, 5.41) is 5.00. The van der Waals surface area contributed by atoms with Gasteiger partial charge in [-0.1, -0.05) is 40.9 Å². The molecule has 0 fully saturated rings. The molecular weight excluding hydrogens is 355 g/mol. The van der Waals surface area contributed by atoms with Crippen LogP contribution in [-0.2, 0) is 6.54 Å². The fourth-order valence-corrected chi connectivity index (χ4v) is 3.12. The Hall–Kier alpha value is -0.880. The van der Waals surface area contributed by atoms with Crippen LogP contribution < -0.4 is 10.3 Å². The highest BCUT2D eigenvalue weighted by Gasteiger charge is 2.14. The number of aromatic nitrogens is 2. The Balaban J connectivity index is 2.44. The summed E-state index contributed by atoms with van der Waals surface area (Å²) in [6.45, 7) is 0.201. The summed E-state index contributed by atoms with van der Waals surface area (Å²) in [7, 11) is 1.51. The molecule has 8 heteroatoms. The van der Waals surface area contributed by atoms with Crippen LogP contribution in [-0.4, -0.2) is 23.1 Å². The van der Waals surface area contributed by atoms with Crippen molar-refractivity contribution in [2.45, 2.75) is 11.4 Å². The summed E-state index contributed by atoms with van der Waals surface area (Å²) in [5.74, 6) is 0.478. The van der Waals surface area contributed by atoms with Gasteiger partial charge in [-0.05, 0) is 17.9 Å². The number of hydrogen-bond donors (Lipinski definition) is 0. The first-order valence-corrected chi connectivity index (χ1v) is 8.16. The van der Waals surface area contributed by atoms with E-state index in [-0.39, 0.29) is 12.1 Å². The van der Waals surface area contributed by atoms with E-state index in [1.165, 1.54) is 29.8 Å². The van der Waals surface area contributed by atoms with E-state index in [2.05, 4.69) is 5.10 Å². The summed E-state index contributed by atoms with van der Waals surface area (Å²) in [4.78, 5) is 12.7. The molecule has 4 nitrogen and oxygen atoms in total. The molecule has 0 aliphatic heterocycles. The maximum absolute atomic E-state index is 12.2. The molecule has 0 saturated heterocycles. The molecule has 2 rings (SSSR count). The second kappa shape index (κ2) is 6.92. The molecule has 0 spiro atoms. The number of rotatable bonds is 4. The van der Waals surface area contributed by atoms with Crippen molar-refractivity contribution < 1.29 is 4.74 Å². The van der Waals surface area contributed by atoms with E-state index in [9.17, 15) is 4.79 Å². The molecular formula is C13H11Cl3N2O2S. The summed E-state index contributed by atoms with van der Waals surface area (Å²) in [6, 6.07) is 3.44. The van der Waals surface area contributed by atoms with Crippen molar-refractivity contribution in [2.75, 3.05) is 13.4 Å². The van der Waals surface area contributed by atoms with Gasteiger partial charge in [0.2, 0.25) is 0 Å². The predicted octanol–water partition coefficient (Wildman–Crippen LogP) is 3.98. The second-order valence-electron chi connectivity index (χ2n) is 4.04. The van der Waals surface area contributed by atoms with Gasteiger partial charge in [0.15, 0.2) is 0 Å². The van der Waals surface area contributed by atoms with Crippen molar-refractivity contribution >= 4 is 46.6 Å². The fourth-order valence-electron chi connectivity index (χ4n) is 1.76. The molecule has 1 aromatic heterocycles. The number of hydrogen-bond acceptors (Lipinski definition) is 4. The van der Waals surface area contributed by atoms with Crippen LogP contribution in [0.1, 0.15) is 5.56 Å². The zero-order valence-corrected chi connectivity index (χ0v) is 14.3. The lowest BCUT2D eigenvalue weighted by molar-refractivity contribution is 0.415. The minimum absolute atomic E-state index is 0.201. The molecule has 1 heterocycles. The molecule has 0 bridgehead atoms. The summed E-state index contributed by atoms with van der Waals surface area (Å²) in [6.07, 6.45) is 3.22. The zero-order chi connectivity index (χ0) is 15.6. The maximum atomic E-state index is 12.2. The molecule has 0 aliphatic carbocycles. The Bertz CT molecular complexity index is 734. The summed E-state index contributed by atoms with van der Waals surface area (Å²) >= 11 is 19.5. The van der Waals surface area contributed by atoms with E-state index in [0.717, 1.165) is 0 Å². The molecule has 1 aromatic carbocycles. The average molecular weight is 366 g/mol. The summed E-state index contributed by atoms with van der Waals surface area (Å²) in [5.41, 5.74) is 0.407. The number of thioether (sulfide) groups is 1. The number of benzene rings is 1.